The smallest absolute Gasteiger partial charge is 0.310 e. The van der Waals surface area contributed by atoms with Gasteiger partial charge in [0.1, 0.15) is 32.0 Å². The molecule has 5 atom stereocenters. The number of esters is 4. The number of hydrogen-bond donors (Lipinski definition) is 0. The first kappa shape index (κ1) is 35.2. The number of ketones is 1. The lowest BCUT2D eigenvalue weighted by Crippen LogP contribution is -2.58. The number of hydrogen-bond acceptors (Lipinski definition) is 11. The highest BCUT2D eigenvalue weighted by Gasteiger charge is 2.49. The van der Waals surface area contributed by atoms with Gasteiger partial charge in [0.2, 0.25) is 0 Å². The number of carbonyl (C=O) groups is 5. The summed E-state index contributed by atoms with van der Waals surface area (Å²) in [5.74, 6) is -3.25. The van der Waals surface area contributed by atoms with Crippen molar-refractivity contribution in [2.24, 2.45) is 5.92 Å². The SMILES string of the molecule is CCc1ccc2cc(COC(=O)Cc3ccc(C(=O)CO[C@@H]4O[C@H](COC(C)=O)[C@H](OC(C)=O)[C@H](OC(C)=O)[C@H]4C)cc3)ccc2c1. The molecule has 1 aliphatic rings. The van der Waals surface area contributed by atoms with Crippen LogP contribution >= 0.6 is 0 Å². The fourth-order valence-corrected chi connectivity index (χ4v) is 5.35. The Morgan fingerprint density at radius 2 is 1.32 bits per heavy atom. The van der Waals surface area contributed by atoms with E-state index >= 15 is 0 Å². The third-order valence-electron chi connectivity index (χ3n) is 7.78. The Morgan fingerprint density at radius 3 is 1.94 bits per heavy atom. The Bertz CT molecular complexity index is 1600. The average molecular weight is 649 g/mol. The minimum absolute atomic E-state index is 0.0383. The molecular formula is C36H40O11. The number of fused-ring (bicyclic) bond motifs is 1. The molecule has 0 bridgehead atoms. The van der Waals surface area contributed by atoms with E-state index in [0.717, 1.165) is 22.8 Å². The quantitative estimate of drug-likeness (QED) is 0.145. The zero-order chi connectivity index (χ0) is 34.1. The van der Waals surface area contributed by atoms with E-state index in [1.807, 2.05) is 18.2 Å². The van der Waals surface area contributed by atoms with Gasteiger partial charge < -0.3 is 28.4 Å². The highest BCUT2D eigenvalue weighted by Crippen LogP contribution is 2.32. The Balaban J connectivity index is 1.32. The number of Topliss-reactive ketones (excluding diaryl/α,β-unsaturated/α-hetero) is 1. The molecule has 11 heteroatoms. The maximum Gasteiger partial charge on any atom is 0.310 e. The van der Waals surface area contributed by atoms with Crippen LogP contribution in [0.1, 0.15) is 61.7 Å². The van der Waals surface area contributed by atoms with Crippen LogP contribution in [0.25, 0.3) is 10.8 Å². The summed E-state index contributed by atoms with van der Waals surface area (Å²) in [4.78, 5) is 60.6. The van der Waals surface area contributed by atoms with Crippen LogP contribution < -0.4 is 0 Å². The van der Waals surface area contributed by atoms with Crippen LogP contribution in [-0.4, -0.2) is 67.5 Å². The van der Waals surface area contributed by atoms with Gasteiger partial charge in [0.05, 0.1) is 6.42 Å². The van der Waals surface area contributed by atoms with E-state index in [1.54, 1.807) is 31.2 Å². The second-order valence-electron chi connectivity index (χ2n) is 11.5. The number of benzene rings is 3. The summed E-state index contributed by atoms with van der Waals surface area (Å²) in [5.41, 5.74) is 3.18. The van der Waals surface area contributed by atoms with E-state index in [4.69, 9.17) is 28.4 Å². The molecule has 47 heavy (non-hydrogen) atoms. The molecule has 0 amide bonds. The van der Waals surface area contributed by atoms with Gasteiger partial charge in [-0.25, -0.2) is 0 Å². The summed E-state index contributed by atoms with van der Waals surface area (Å²) in [6.07, 6.45) is -3.12. The molecule has 0 aromatic heterocycles. The van der Waals surface area contributed by atoms with E-state index in [2.05, 4.69) is 25.1 Å². The number of rotatable bonds is 13. The van der Waals surface area contributed by atoms with Crippen molar-refractivity contribution in [2.45, 2.75) is 78.7 Å². The molecule has 1 saturated heterocycles. The summed E-state index contributed by atoms with van der Waals surface area (Å²) in [6.45, 7) is 6.88. The van der Waals surface area contributed by atoms with E-state index in [-0.39, 0.29) is 32.0 Å². The van der Waals surface area contributed by atoms with Gasteiger partial charge in [-0.3, -0.25) is 24.0 Å². The molecule has 0 radical (unpaired) electrons. The van der Waals surface area contributed by atoms with Gasteiger partial charge in [0.25, 0.3) is 0 Å². The molecule has 0 saturated carbocycles. The molecule has 250 valence electrons. The molecular weight excluding hydrogens is 608 g/mol. The molecule has 4 rings (SSSR count). The first-order chi connectivity index (χ1) is 22.4. The first-order valence-electron chi connectivity index (χ1n) is 15.5. The second-order valence-corrected chi connectivity index (χ2v) is 11.5. The topological polar surface area (TPSA) is 141 Å². The van der Waals surface area contributed by atoms with Crippen molar-refractivity contribution >= 4 is 40.4 Å². The fourth-order valence-electron chi connectivity index (χ4n) is 5.35. The molecule has 11 nitrogen and oxygen atoms in total. The molecule has 0 spiro atoms. The van der Waals surface area contributed by atoms with Crippen molar-refractivity contribution in [3.05, 3.63) is 82.9 Å². The molecule has 0 N–H and O–H groups in total. The number of aryl methyl sites for hydroxylation is 1. The lowest BCUT2D eigenvalue weighted by molar-refractivity contribution is -0.286. The van der Waals surface area contributed by atoms with Gasteiger partial charge >= 0.3 is 23.9 Å². The normalized spacial score (nSPS) is 20.7. The van der Waals surface area contributed by atoms with Crippen molar-refractivity contribution in [3.8, 4) is 0 Å². The summed E-state index contributed by atoms with van der Waals surface area (Å²) >= 11 is 0. The zero-order valence-electron chi connectivity index (χ0n) is 27.2. The largest absolute Gasteiger partial charge is 0.463 e. The van der Waals surface area contributed by atoms with Crippen molar-refractivity contribution in [1.29, 1.82) is 0 Å². The van der Waals surface area contributed by atoms with Crippen molar-refractivity contribution < 1.29 is 52.4 Å². The predicted octanol–water partition coefficient (Wildman–Crippen LogP) is 4.67. The molecule has 0 unspecified atom stereocenters. The van der Waals surface area contributed by atoms with Crippen LogP contribution in [0.3, 0.4) is 0 Å². The van der Waals surface area contributed by atoms with Crippen molar-refractivity contribution in [1.82, 2.24) is 0 Å². The van der Waals surface area contributed by atoms with Crippen molar-refractivity contribution in [2.75, 3.05) is 13.2 Å². The first-order valence-corrected chi connectivity index (χ1v) is 15.5. The highest BCUT2D eigenvalue weighted by atomic mass is 16.7. The van der Waals surface area contributed by atoms with Gasteiger partial charge in [-0.15, -0.1) is 0 Å². The average Bonchev–Trinajstić information content (AvgIpc) is 3.04. The van der Waals surface area contributed by atoms with Crippen LogP contribution in [0.4, 0.5) is 0 Å². The maximum atomic E-state index is 13.0. The maximum absolute atomic E-state index is 13.0. The van der Waals surface area contributed by atoms with Gasteiger partial charge in [-0.05, 0) is 39.9 Å². The van der Waals surface area contributed by atoms with E-state index in [9.17, 15) is 24.0 Å². The lowest BCUT2D eigenvalue weighted by Gasteiger charge is -2.43. The van der Waals surface area contributed by atoms with E-state index in [1.165, 1.54) is 26.3 Å². The van der Waals surface area contributed by atoms with E-state index in [0.29, 0.717) is 11.1 Å². The van der Waals surface area contributed by atoms with Gasteiger partial charge in [0.15, 0.2) is 18.2 Å². The minimum Gasteiger partial charge on any atom is -0.463 e. The predicted molar refractivity (Wildman–Crippen MR) is 169 cm³/mol. The van der Waals surface area contributed by atoms with Gasteiger partial charge in [-0.1, -0.05) is 68.4 Å². The second kappa shape index (κ2) is 16.3. The highest BCUT2D eigenvalue weighted by molar-refractivity contribution is 5.97. The third-order valence-corrected chi connectivity index (χ3v) is 7.78. The van der Waals surface area contributed by atoms with Crippen LogP contribution in [-0.2, 0) is 67.0 Å². The molecule has 3 aromatic rings. The van der Waals surface area contributed by atoms with Gasteiger partial charge in [-0.2, -0.15) is 0 Å². The van der Waals surface area contributed by atoms with Crippen LogP contribution in [0.15, 0.2) is 60.7 Å². The lowest BCUT2D eigenvalue weighted by atomic mass is 9.92. The molecule has 3 aromatic carbocycles. The Morgan fingerprint density at radius 1 is 0.723 bits per heavy atom. The summed E-state index contributed by atoms with van der Waals surface area (Å²) < 4.78 is 33.1. The Labute approximate surface area is 273 Å². The summed E-state index contributed by atoms with van der Waals surface area (Å²) in [7, 11) is 0. The van der Waals surface area contributed by atoms with Crippen LogP contribution in [0, 0.1) is 5.92 Å². The number of carbonyl (C=O) groups excluding carboxylic acids is 5. The third kappa shape index (κ3) is 9.94. The molecule has 1 fully saturated rings. The number of ether oxygens (including phenoxy) is 6. The molecule has 1 aliphatic heterocycles. The van der Waals surface area contributed by atoms with Crippen molar-refractivity contribution in [3.63, 3.8) is 0 Å². The summed E-state index contributed by atoms with van der Waals surface area (Å²) in [5, 5.41) is 2.23. The summed E-state index contributed by atoms with van der Waals surface area (Å²) in [6, 6.07) is 18.8. The zero-order valence-corrected chi connectivity index (χ0v) is 27.2. The standard InChI is InChI=1S/C36H40O11/c1-6-25-7-13-30-16-27(10-14-29(30)15-25)18-43-33(41)17-26-8-11-28(12-9-26)31(40)19-44-36-21(2)34(45-23(4)38)35(46-24(5)39)32(47-36)20-42-22(3)37/h7-16,21,32,34-36H,6,17-20H2,1-5H3/t21-,32-,34-,35+,36-/m1/s1. The minimum atomic E-state index is -1.07. The Kier molecular flexibility index (Phi) is 12.2. The molecule has 0 aliphatic carbocycles. The monoisotopic (exact) mass is 648 g/mol. The van der Waals surface area contributed by atoms with Gasteiger partial charge in [0, 0.05) is 32.3 Å². The Hall–Kier alpha value is -4.61. The fraction of sp³-hybridized carbons (Fsp3) is 0.417. The van der Waals surface area contributed by atoms with Crippen LogP contribution in [0.5, 0.6) is 0 Å². The van der Waals surface area contributed by atoms with Crippen LogP contribution in [0.2, 0.25) is 0 Å². The van der Waals surface area contributed by atoms with E-state index < -0.39 is 54.4 Å². The molecule has 1 heterocycles.